The Morgan fingerprint density at radius 1 is 1.52 bits per heavy atom. The van der Waals surface area contributed by atoms with Gasteiger partial charge in [0, 0.05) is 37.3 Å². The maximum atomic E-state index is 14.1. The second kappa shape index (κ2) is 6.83. The SMILES string of the molecule is CN(C)C1CCN(Cc2ccc(C=CC(=O)O)cc2F)C1. The molecule has 5 heteroatoms. The number of carboxylic acid groups (broad SMARTS) is 1. The minimum Gasteiger partial charge on any atom is -0.478 e. The van der Waals surface area contributed by atoms with Gasteiger partial charge in [0.05, 0.1) is 0 Å². The van der Waals surface area contributed by atoms with Crippen LogP contribution in [0.15, 0.2) is 24.3 Å². The fraction of sp³-hybridized carbons (Fsp3) is 0.438. The molecule has 1 aliphatic heterocycles. The van der Waals surface area contributed by atoms with Gasteiger partial charge in [-0.2, -0.15) is 0 Å². The van der Waals surface area contributed by atoms with Gasteiger partial charge in [0.2, 0.25) is 0 Å². The van der Waals surface area contributed by atoms with Gasteiger partial charge in [-0.1, -0.05) is 12.1 Å². The Kier molecular flexibility index (Phi) is 5.09. The van der Waals surface area contributed by atoms with Crippen molar-refractivity contribution in [2.75, 3.05) is 27.2 Å². The Bertz CT molecular complexity index is 543. The zero-order valence-corrected chi connectivity index (χ0v) is 12.4. The second-order valence-electron chi connectivity index (χ2n) is 5.66. The molecule has 0 saturated carbocycles. The number of aliphatic carboxylic acids is 1. The van der Waals surface area contributed by atoms with Crippen molar-refractivity contribution >= 4 is 12.0 Å². The van der Waals surface area contributed by atoms with Crippen molar-refractivity contribution in [1.29, 1.82) is 0 Å². The highest BCUT2D eigenvalue weighted by molar-refractivity contribution is 5.85. The fourth-order valence-electron chi connectivity index (χ4n) is 2.58. The molecule has 2 rings (SSSR count). The van der Waals surface area contributed by atoms with E-state index in [9.17, 15) is 9.18 Å². The van der Waals surface area contributed by atoms with E-state index < -0.39 is 5.97 Å². The molecule has 0 aromatic heterocycles. The highest BCUT2D eigenvalue weighted by Crippen LogP contribution is 2.19. The molecule has 1 heterocycles. The summed E-state index contributed by atoms with van der Waals surface area (Å²) in [6, 6.07) is 5.40. The number of benzene rings is 1. The van der Waals surface area contributed by atoms with Crippen LogP contribution in [0.5, 0.6) is 0 Å². The molecule has 1 aromatic carbocycles. The number of nitrogens with zero attached hydrogens (tertiary/aromatic N) is 2. The van der Waals surface area contributed by atoms with E-state index in [-0.39, 0.29) is 5.82 Å². The zero-order chi connectivity index (χ0) is 15.4. The fourth-order valence-corrected chi connectivity index (χ4v) is 2.58. The van der Waals surface area contributed by atoms with Gasteiger partial charge in [-0.3, -0.25) is 4.90 Å². The molecular weight excluding hydrogens is 271 g/mol. The number of carboxylic acids is 1. The van der Waals surface area contributed by atoms with Crippen LogP contribution in [-0.2, 0) is 11.3 Å². The van der Waals surface area contributed by atoms with Gasteiger partial charge >= 0.3 is 5.97 Å². The third-order valence-corrected chi connectivity index (χ3v) is 3.87. The number of halogens is 1. The molecule has 1 N–H and O–H groups in total. The molecule has 0 amide bonds. The Morgan fingerprint density at radius 2 is 2.29 bits per heavy atom. The second-order valence-corrected chi connectivity index (χ2v) is 5.66. The predicted octanol–water partition coefficient (Wildman–Crippen LogP) is 2.06. The molecule has 0 radical (unpaired) electrons. The van der Waals surface area contributed by atoms with Gasteiger partial charge < -0.3 is 10.0 Å². The van der Waals surface area contributed by atoms with Crippen molar-refractivity contribution in [3.8, 4) is 0 Å². The summed E-state index contributed by atoms with van der Waals surface area (Å²) in [6.45, 7) is 2.52. The van der Waals surface area contributed by atoms with E-state index in [0.717, 1.165) is 25.6 Å². The first kappa shape index (κ1) is 15.7. The average Bonchev–Trinajstić information content (AvgIpc) is 2.88. The Hall–Kier alpha value is -1.72. The van der Waals surface area contributed by atoms with E-state index in [1.165, 1.54) is 12.1 Å². The lowest BCUT2D eigenvalue weighted by molar-refractivity contribution is -0.131. The van der Waals surface area contributed by atoms with Crippen LogP contribution in [0.1, 0.15) is 17.5 Å². The van der Waals surface area contributed by atoms with E-state index in [1.807, 2.05) is 0 Å². The monoisotopic (exact) mass is 292 g/mol. The van der Waals surface area contributed by atoms with Gasteiger partial charge in [0.15, 0.2) is 0 Å². The summed E-state index contributed by atoms with van der Waals surface area (Å²) in [4.78, 5) is 14.9. The van der Waals surface area contributed by atoms with E-state index in [2.05, 4.69) is 23.9 Å². The Labute approximate surface area is 124 Å². The number of rotatable bonds is 5. The van der Waals surface area contributed by atoms with E-state index in [0.29, 0.717) is 23.7 Å². The van der Waals surface area contributed by atoms with Crippen molar-refractivity contribution in [1.82, 2.24) is 9.80 Å². The number of carbonyl (C=O) groups is 1. The van der Waals surface area contributed by atoms with Crippen LogP contribution in [0.4, 0.5) is 4.39 Å². The topological polar surface area (TPSA) is 43.8 Å². The van der Waals surface area contributed by atoms with Crippen LogP contribution in [-0.4, -0.2) is 54.1 Å². The molecule has 0 aliphatic carbocycles. The minimum absolute atomic E-state index is 0.282. The molecule has 1 saturated heterocycles. The van der Waals surface area contributed by atoms with Crippen molar-refractivity contribution in [2.24, 2.45) is 0 Å². The van der Waals surface area contributed by atoms with Gasteiger partial charge in [-0.15, -0.1) is 0 Å². The van der Waals surface area contributed by atoms with Crippen LogP contribution in [0.3, 0.4) is 0 Å². The first-order chi connectivity index (χ1) is 9.95. The van der Waals surface area contributed by atoms with Crippen molar-refractivity contribution in [3.63, 3.8) is 0 Å². The first-order valence-corrected chi connectivity index (χ1v) is 7.04. The predicted molar refractivity (Wildman–Crippen MR) is 80.4 cm³/mol. The van der Waals surface area contributed by atoms with Crippen LogP contribution < -0.4 is 0 Å². The molecule has 1 aromatic rings. The quantitative estimate of drug-likeness (QED) is 0.844. The normalized spacial score (nSPS) is 19.7. The summed E-state index contributed by atoms with van der Waals surface area (Å²) in [5, 5.41) is 8.57. The molecule has 0 spiro atoms. The van der Waals surface area contributed by atoms with Gasteiger partial charge in [-0.25, -0.2) is 9.18 Å². The molecule has 1 unspecified atom stereocenters. The average molecular weight is 292 g/mol. The summed E-state index contributed by atoms with van der Waals surface area (Å²) in [5.41, 5.74) is 1.22. The molecule has 1 fully saturated rings. The summed E-state index contributed by atoms with van der Waals surface area (Å²) in [5.74, 6) is -1.32. The number of hydrogen-bond donors (Lipinski definition) is 1. The lowest BCUT2D eigenvalue weighted by atomic mass is 10.1. The summed E-state index contributed by atoms with van der Waals surface area (Å²) in [7, 11) is 4.14. The molecule has 4 nitrogen and oxygen atoms in total. The van der Waals surface area contributed by atoms with Crippen LogP contribution >= 0.6 is 0 Å². The maximum Gasteiger partial charge on any atom is 0.328 e. The Balaban J connectivity index is 2.00. The van der Waals surface area contributed by atoms with E-state index in [4.69, 9.17) is 5.11 Å². The van der Waals surface area contributed by atoms with Crippen LogP contribution in [0.25, 0.3) is 6.08 Å². The lowest BCUT2D eigenvalue weighted by Crippen LogP contribution is -2.31. The Morgan fingerprint density at radius 3 is 2.86 bits per heavy atom. The molecule has 0 bridgehead atoms. The van der Waals surface area contributed by atoms with Gasteiger partial charge in [-0.05, 0) is 38.2 Å². The first-order valence-electron chi connectivity index (χ1n) is 7.04. The highest BCUT2D eigenvalue weighted by atomic mass is 19.1. The van der Waals surface area contributed by atoms with Crippen molar-refractivity contribution < 1.29 is 14.3 Å². The van der Waals surface area contributed by atoms with Crippen LogP contribution in [0, 0.1) is 5.82 Å². The van der Waals surface area contributed by atoms with Crippen molar-refractivity contribution in [3.05, 3.63) is 41.2 Å². The molecule has 21 heavy (non-hydrogen) atoms. The molecule has 1 aliphatic rings. The number of hydrogen-bond acceptors (Lipinski definition) is 3. The number of likely N-dealkylation sites (tertiary alicyclic amines) is 1. The molecular formula is C16H21FN2O2. The van der Waals surface area contributed by atoms with Gasteiger partial charge in [0.25, 0.3) is 0 Å². The lowest BCUT2D eigenvalue weighted by Gasteiger charge is -2.20. The standard InChI is InChI=1S/C16H21FN2O2/c1-18(2)14-7-8-19(11-14)10-13-5-3-12(9-15(13)17)4-6-16(20)21/h3-6,9,14H,7-8,10-11H2,1-2H3,(H,20,21). The van der Waals surface area contributed by atoms with E-state index >= 15 is 0 Å². The molecule has 114 valence electrons. The third-order valence-electron chi connectivity index (χ3n) is 3.87. The largest absolute Gasteiger partial charge is 0.478 e. The smallest absolute Gasteiger partial charge is 0.328 e. The summed E-state index contributed by atoms with van der Waals surface area (Å²) < 4.78 is 14.1. The number of likely N-dealkylation sites (N-methyl/N-ethyl adjacent to an activating group) is 1. The zero-order valence-electron chi connectivity index (χ0n) is 12.4. The highest BCUT2D eigenvalue weighted by Gasteiger charge is 2.24. The molecule has 1 atom stereocenters. The minimum atomic E-state index is -1.04. The summed E-state index contributed by atoms with van der Waals surface area (Å²) in [6.07, 6.45) is 3.51. The third kappa shape index (κ3) is 4.37. The van der Waals surface area contributed by atoms with E-state index in [1.54, 1.807) is 12.1 Å². The van der Waals surface area contributed by atoms with Crippen LogP contribution in [0.2, 0.25) is 0 Å². The maximum absolute atomic E-state index is 14.1. The van der Waals surface area contributed by atoms with Crippen molar-refractivity contribution in [2.45, 2.75) is 19.0 Å². The van der Waals surface area contributed by atoms with Gasteiger partial charge in [0.1, 0.15) is 5.82 Å². The summed E-state index contributed by atoms with van der Waals surface area (Å²) >= 11 is 0.